The van der Waals surface area contributed by atoms with E-state index in [4.69, 9.17) is 10.5 Å². The van der Waals surface area contributed by atoms with E-state index in [0.29, 0.717) is 12.6 Å². The SMILES string of the molecule is COc1c(N2CC(F)C(CNC3CC3)C2)c(F)c(N)c2c(=O)c(C(=O)O)cn(C3CC3F)c12. The van der Waals surface area contributed by atoms with Crippen molar-refractivity contribution in [3.05, 3.63) is 27.8 Å². The molecule has 5 rings (SSSR count). The topological polar surface area (TPSA) is 110 Å². The van der Waals surface area contributed by atoms with Crippen LogP contribution in [0.5, 0.6) is 5.75 Å². The molecule has 11 heteroatoms. The van der Waals surface area contributed by atoms with Crippen molar-refractivity contribution >= 4 is 28.2 Å². The fourth-order valence-corrected chi connectivity index (χ4v) is 4.71. The lowest BCUT2D eigenvalue weighted by Gasteiger charge is -2.25. The Morgan fingerprint density at radius 3 is 2.58 bits per heavy atom. The number of carbonyl (C=O) groups is 1. The Labute approximate surface area is 187 Å². The number of rotatable bonds is 7. The Bertz CT molecular complexity index is 1200. The van der Waals surface area contributed by atoms with Gasteiger partial charge in [0.05, 0.1) is 29.7 Å². The van der Waals surface area contributed by atoms with E-state index in [9.17, 15) is 23.5 Å². The van der Waals surface area contributed by atoms with Crippen LogP contribution in [0.25, 0.3) is 10.9 Å². The van der Waals surface area contributed by atoms with Crippen LogP contribution in [0.15, 0.2) is 11.0 Å². The number of nitrogens with two attached hydrogens (primary N) is 1. The standard InChI is InChI=1S/C22H25F3N4O4/c1-33-21-18-15(20(30)11(22(31)32)7-29(18)14-4-12(14)23)17(26)16(25)19(21)28-6-9(13(24)8-28)5-27-10-2-3-10/h7,9-10,12-14,27H,2-6,8,26H2,1H3,(H,31,32). The molecule has 4 unspecified atom stereocenters. The molecule has 2 aliphatic carbocycles. The van der Waals surface area contributed by atoms with Gasteiger partial charge in [-0.25, -0.2) is 18.0 Å². The molecule has 2 aromatic rings. The highest BCUT2D eigenvalue weighted by atomic mass is 19.1. The van der Waals surface area contributed by atoms with Crippen LogP contribution in [-0.2, 0) is 0 Å². The van der Waals surface area contributed by atoms with Crippen LogP contribution < -0.4 is 26.1 Å². The molecule has 1 saturated heterocycles. The van der Waals surface area contributed by atoms with Crippen molar-refractivity contribution in [2.45, 2.75) is 43.7 Å². The van der Waals surface area contributed by atoms with Crippen LogP contribution in [-0.4, -0.2) is 60.8 Å². The summed E-state index contributed by atoms with van der Waals surface area (Å²) in [7, 11) is 1.27. The first kappa shape index (κ1) is 21.9. The average Bonchev–Trinajstić information content (AvgIpc) is 3.69. The van der Waals surface area contributed by atoms with Crippen LogP contribution in [0.3, 0.4) is 0 Å². The minimum absolute atomic E-state index is 0.0153. The number of hydrogen-bond donors (Lipinski definition) is 3. The third kappa shape index (κ3) is 3.58. The third-order valence-electron chi connectivity index (χ3n) is 6.78. The van der Waals surface area contributed by atoms with Gasteiger partial charge in [0.2, 0.25) is 5.43 Å². The van der Waals surface area contributed by atoms with Gasteiger partial charge in [0.25, 0.3) is 0 Å². The van der Waals surface area contributed by atoms with Crippen molar-refractivity contribution in [3.63, 3.8) is 0 Å². The number of fused-ring (bicyclic) bond motifs is 1. The molecule has 0 bridgehead atoms. The highest BCUT2D eigenvalue weighted by molar-refractivity contribution is 6.03. The molecule has 178 valence electrons. The van der Waals surface area contributed by atoms with E-state index in [0.717, 1.165) is 19.0 Å². The zero-order chi connectivity index (χ0) is 23.6. The molecule has 1 aliphatic heterocycles. The molecule has 2 heterocycles. The summed E-state index contributed by atoms with van der Waals surface area (Å²) in [5.41, 5.74) is 3.74. The first-order valence-corrected chi connectivity index (χ1v) is 11.0. The number of nitrogen functional groups attached to an aromatic ring is 1. The van der Waals surface area contributed by atoms with Gasteiger partial charge in [0, 0.05) is 44.2 Å². The molecule has 3 aliphatic rings. The zero-order valence-corrected chi connectivity index (χ0v) is 18.0. The Morgan fingerprint density at radius 2 is 2.00 bits per heavy atom. The minimum atomic E-state index is -1.53. The normalized spacial score (nSPS) is 26.7. The van der Waals surface area contributed by atoms with Crippen LogP contribution in [0, 0.1) is 11.7 Å². The van der Waals surface area contributed by atoms with Gasteiger partial charge in [-0.1, -0.05) is 0 Å². The molecule has 1 aromatic carbocycles. The number of alkyl halides is 2. The summed E-state index contributed by atoms with van der Waals surface area (Å²) < 4.78 is 51.2. The smallest absolute Gasteiger partial charge is 0.341 e. The van der Waals surface area contributed by atoms with Gasteiger partial charge in [-0.3, -0.25) is 4.79 Å². The number of carboxylic acids is 1. The van der Waals surface area contributed by atoms with Crippen molar-refractivity contribution in [2.75, 3.05) is 37.4 Å². The Hall–Kier alpha value is -2.95. The van der Waals surface area contributed by atoms with Gasteiger partial charge in [0.1, 0.15) is 23.6 Å². The van der Waals surface area contributed by atoms with Crippen LogP contribution in [0.4, 0.5) is 24.5 Å². The van der Waals surface area contributed by atoms with E-state index in [-0.39, 0.29) is 47.8 Å². The molecule has 0 radical (unpaired) electrons. The number of nitrogens with one attached hydrogen (secondary N) is 1. The number of aromatic nitrogens is 1. The number of methoxy groups -OCH3 is 1. The van der Waals surface area contributed by atoms with E-state index in [1.165, 1.54) is 16.6 Å². The molecule has 0 spiro atoms. The summed E-state index contributed by atoms with van der Waals surface area (Å²) in [6, 6.07) is -0.334. The highest BCUT2D eigenvalue weighted by Crippen LogP contribution is 2.48. The Balaban J connectivity index is 1.67. The predicted molar refractivity (Wildman–Crippen MR) is 116 cm³/mol. The monoisotopic (exact) mass is 466 g/mol. The number of benzene rings is 1. The van der Waals surface area contributed by atoms with Gasteiger partial charge >= 0.3 is 5.97 Å². The van der Waals surface area contributed by atoms with Gasteiger partial charge in [-0.05, 0) is 12.8 Å². The number of anilines is 2. The van der Waals surface area contributed by atoms with Crippen LogP contribution in [0.1, 0.15) is 35.7 Å². The zero-order valence-electron chi connectivity index (χ0n) is 18.0. The first-order chi connectivity index (χ1) is 15.7. The maximum atomic E-state index is 15.6. The molecule has 3 fully saturated rings. The van der Waals surface area contributed by atoms with E-state index in [2.05, 4.69) is 5.32 Å². The molecular formula is C22H25F3N4O4. The van der Waals surface area contributed by atoms with Crippen LogP contribution >= 0.6 is 0 Å². The van der Waals surface area contributed by atoms with Crippen LogP contribution in [0.2, 0.25) is 0 Å². The maximum Gasteiger partial charge on any atom is 0.341 e. The molecule has 33 heavy (non-hydrogen) atoms. The van der Waals surface area contributed by atoms with Gasteiger partial charge in [-0.15, -0.1) is 0 Å². The second-order valence-corrected chi connectivity index (χ2v) is 9.10. The number of pyridine rings is 1. The summed E-state index contributed by atoms with van der Waals surface area (Å²) in [5.74, 6) is -2.98. The predicted octanol–water partition coefficient (Wildman–Crippen LogP) is 2.24. The molecule has 1 aromatic heterocycles. The van der Waals surface area contributed by atoms with E-state index >= 15 is 4.39 Å². The fraction of sp³-hybridized carbons (Fsp3) is 0.545. The van der Waals surface area contributed by atoms with Gasteiger partial charge < -0.3 is 30.4 Å². The van der Waals surface area contributed by atoms with Gasteiger partial charge in [0.15, 0.2) is 11.6 Å². The second-order valence-electron chi connectivity index (χ2n) is 9.10. The van der Waals surface area contributed by atoms with Crippen molar-refractivity contribution in [1.29, 1.82) is 0 Å². The fourth-order valence-electron chi connectivity index (χ4n) is 4.71. The number of halogens is 3. The van der Waals surface area contributed by atoms with Crippen molar-refractivity contribution in [1.82, 2.24) is 9.88 Å². The van der Waals surface area contributed by atoms with E-state index in [1.54, 1.807) is 0 Å². The number of ether oxygens (including phenoxy) is 1. The number of nitrogens with zero attached hydrogens (tertiary/aromatic N) is 2. The number of aromatic carboxylic acids is 1. The molecule has 2 saturated carbocycles. The lowest BCUT2D eigenvalue weighted by Crippen LogP contribution is -2.30. The number of hydrogen-bond acceptors (Lipinski definition) is 6. The van der Waals surface area contributed by atoms with E-state index in [1.807, 2.05) is 0 Å². The highest BCUT2D eigenvalue weighted by Gasteiger charge is 2.43. The second kappa shape index (κ2) is 7.82. The molecule has 0 amide bonds. The quantitative estimate of drug-likeness (QED) is 0.537. The Kier molecular flexibility index (Phi) is 5.19. The molecular weight excluding hydrogens is 441 g/mol. The summed E-state index contributed by atoms with van der Waals surface area (Å²) in [6.07, 6.45) is 0.806. The summed E-state index contributed by atoms with van der Waals surface area (Å²) >= 11 is 0. The van der Waals surface area contributed by atoms with E-state index < -0.39 is 46.9 Å². The summed E-state index contributed by atoms with van der Waals surface area (Å²) in [4.78, 5) is 26.0. The number of carboxylic acid groups (broad SMARTS) is 1. The van der Waals surface area contributed by atoms with Gasteiger partial charge in [-0.2, -0.15) is 0 Å². The average molecular weight is 466 g/mol. The lowest BCUT2D eigenvalue weighted by molar-refractivity contribution is 0.0694. The molecule has 4 N–H and O–H groups in total. The van der Waals surface area contributed by atoms with Crippen molar-refractivity contribution in [3.8, 4) is 5.75 Å². The lowest BCUT2D eigenvalue weighted by atomic mass is 10.1. The summed E-state index contributed by atoms with van der Waals surface area (Å²) in [5, 5.41) is 12.4. The maximum absolute atomic E-state index is 15.6. The minimum Gasteiger partial charge on any atom is -0.492 e. The summed E-state index contributed by atoms with van der Waals surface area (Å²) in [6.45, 7) is 0.557. The molecule has 4 atom stereocenters. The largest absolute Gasteiger partial charge is 0.492 e. The first-order valence-electron chi connectivity index (χ1n) is 11.0. The van der Waals surface area contributed by atoms with Crippen molar-refractivity contribution in [2.24, 2.45) is 5.92 Å². The Morgan fingerprint density at radius 1 is 1.30 bits per heavy atom. The van der Waals surface area contributed by atoms with Crippen molar-refractivity contribution < 1.29 is 27.8 Å². The third-order valence-corrected chi connectivity index (χ3v) is 6.78. The molecule has 8 nitrogen and oxygen atoms in total.